The summed E-state index contributed by atoms with van der Waals surface area (Å²) in [6.07, 6.45) is 4.91. The summed E-state index contributed by atoms with van der Waals surface area (Å²) >= 11 is 6.51. The Labute approximate surface area is 143 Å². The summed E-state index contributed by atoms with van der Waals surface area (Å²) in [5, 5.41) is 0.816. The number of hydrogen-bond acceptors (Lipinski definition) is 4. The maximum absolute atomic E-state index is 6.51. The maximum Gasteiger partial charge on any atom is 0.125 e. The van der Waals surface area contributed by atoms with Gasteiger partial charge in [0, 0.05) is 48.7 Å². The molecule has 2 heterocycles. The molecule has 0 aliphatic carbocycles. The van der Waals surface area contributed by atoms with E-state index in [1.165, 1.54) is 12.0 Å². The van der Waals surface area contributed by atoms with Crippen LogP contribution < -0.4 is 0 Å². The molecule has 2 aromatic rings. The highest BCUT2D eigenvalue weighted by atomic mass is 35.5. The van der Waals surface area contributed by atoms with Crippen LogP contribution in [0.3, 0.4) is 0 Å². The van der Waals surface area contributed by atoms with Crippen molar-refractivity contribution >= 4 is 11.6 Å². The van der Waals surface area contributed by atoms with E-state index in [1.54, 1.807) is 0 Å². The van der Waals surface area contributed by atoms with Crippen LogP contribution in [0.25, 0.3) is 11.1 Å². The number of aryl methyl sites for hydroxylation is 1. The van der Waals surface area contributed by atoms with Crippen molar-refractivity contribution in [3.8, 4) is 11.1 Å². The number of likely N-dealkylation sites (N-methyl/N-ethyl adjacent to an activating group) is 1. The van der Waals surface area contributed by atoms with Crippen LogP contribution in [0.5, 0.6) is 0 Å². The first kappa shape index (κ1) is 16.4. The van der Waals surface area contributed by atoms with Gasteiger partial charge in [0.2, 0.25) is 0 Å². The highest BCUT2D eigenvalue weighted by molar-refractivity contribution is 6.31. The van der Waals surface area contributed by atoms with Gasteiger partial charge >= 0.3 is 0 Å². The number of aromatic nitrogens is 2. The lowest BCUT2D eigenvalue weighted by atomic mass is 10.1. The van der Waals surface area contributed by atoms with Crippen LogP contribution in [0.4, 0.5) is 0 Å². The first-order chi connectivity index (χ1) is 11.0. The number of rotatable bonds is 4. The van der Waals surface area contributed by atoms with Crippen LogP contribution in [-0.2, 0) is 6.54 Å². The summed E-state index contributed by atoms with van der Waals surface area (Å²) in [6.45, 7) is 5.04. The number of hydrogen-bond donors (Lipinski definition) is 0. The van der Waals surface area contributed by atoms with E-state index in [0.717, 1.165) is 41.6 Å². The Balaban J connectivity index is 1.71. The standard InChI is InChI=1S/C18H23ClN4/c1-13-20-9-16(10-21-13)14-4-5-15(18(19)8-14)11-23-7-6-17(12-23)22(2)3/h4-5,8-10,17H,6-7,11-12H2,1-3H3. The first-order valence-corrected chi connectivity index (χ1v) is 8.37. The lowest BCUT2D eigenvalue weighted by Crippen LogP contribution is -2.31. The Morgan fingerprint density at radius 3 is 2.57 bits per heavy atom. The highest BCUT2D eigenvalue weighted by Crippen LogP contribution is 2.27. The molecular formula is C18H23ClN4. The van der Waals surface area contributed by atoms with Gasteiger partial charge in [0.25, 0.3) is 0 Å². The molecule has 1 saturated heterocycles. The van der Waals surface area contributed by atoms with E-state index in [0.29, 0.717) is 6.04 Å². The van der Waals surface area contributed by atoms with Gasteiger partial charge in [-0.15, -0.1) is 0 Å². The fraction of sp³-hybridized carbons (Fsp3) is 0.444. The largest absolute Gasteiger partial charge is 0.305 e. The Bertz CT molecular complexity index is 669. The van der Waals surface area contributed by atoms with Gasteiger partial charge in [0.05, 0.1) is 0 Å². The lowest BCUT2D eigenvalue weighted by molar-refractivity contribution is 0.265. The van der Waals surface area contributed by atoms with Gasteiger partial charge in [-0.1, -0.05) is 23.7 Å². The average Bonchev–Trinajstić information content (AvgIpc) is 2.99. The second-order valence-corrected chi connectivity index (χ2v) is 6.87. The van der Waals surface area contributed by atoms with E-state index in [9.17, 15) is 0 Å². The molecule has 5 heteroatoms. The monoisotopic (exact) mass is 330 g/mol. The molecule has 4 nitrogen and oxygen atoms in total. The summed E-state index contributed by atoms with van der Waals surface area (Å²) in [6, 6.07) is 6.90. The summed E-state index contributed by atoms with van der Waals surface area (Å²) in [7, 11) is 4.30. The number of likely N-dealkylation sites (tertiary alicyclic amines) is 1. The summed E-state index contributed by atoms with van der Waals surface area (Å²) < 4.78 is 0. The molecule has 23 heavy (non-hydrogen) atoms. The molecule has 3 rings (SSSR count). The minimum absolute atomic E-state index is 0.651. The number of halogens is 1. The maximum atomic E-state index is 6.51. The van der Waals surface area contributed by atoms with Crippen molar-refractivity contribution in [3.63, 3.8) is 0 Å². The zero-order valence-electron chi connectivity index (χ0n) is 14.0. The third kappa shape index (κ3) is 3.89. The molecule has 0 amide bonds. The molecule has 0 bridgehead atoms. The lowest BCUT2D eigenvalue weighted by Gasteiger charge is -2.20. The third-order valence-electron chi connectivity index (χ3n) is 4.54. The number of nitrogens with zero attached hydrogens (tertiary/aromatic N) is 4. The highest BCUT2D eigenvalue weighted by Gasteiger charge is 2.24. The molecule has 1 aliphatic heterocycles. The van der Waals surface area contributed by atoms with Gasteiger partial charge < -0.3 is 4.90 Å². The minimum Gasteiger partial charge on any atom is -0.305 e. The second kappa shape index (κ2) is 6.95. The molecule has 1 unspecified atom stereocenters. The van der Waals surface area contributed by atoms with Crippen LogP contribution in [0, 0.1) is 6.92 Å². The van der Waals surface area contributed by atoms with Crippen LogP contribution in [0.15, 0.2) is 30.6 Å². The third-order valence-corrected chi connectivity index (χ3v) is 4.89. The molecule has 0 spiro atoms. The fourth-order valence-corrected chi connectivity index (χ4v) is 3.26. The van der Waals surface area contributed by atoms with E-state index < -0.39 is 0 Å². The van der Waals surface area contributed by atoms with Gasteiger partial charge in [-0.2, -0.15) is 0 Å². The summed E-state index contributed by atoms with van der Waals surface area (Å²) in [4.78, 5) is 13.3. The van der Waals surface area contributed by atoms with Crippen molar-refractivity contribution in [2.75, 3.05) is 27.2 Å². The van der Waals surface area contributed by atoms with Crippen molar-refractivity contribution in [1.82, 2.24) is 19.8 Å². The molecule has 1 aliphatic rings. The molecule has 0 radical (unpaired) electrons. The molecule has 1 fully saturated rings. The molecule has 1 aromatic carbocycles. The van der Waals surface area contributed by atoms with Crippen LogP contribution >= 0.6 is 11.6 Å². The van der Waals surface area contributed by atoms with Crippen LogP contribution in [-0.4, -0.2) is 53.0 Å². The fourth-order valence-electron chi connectivity index (χ4n) is 3.01. The second-order valence-electron chi connectivity index (χ2n) is 6.47. The predicted octanol–water partition coefficient (Wildman–Crippen LogP) is 3.24. The van der Waals surface area contributed by atoms with Crippen molar-refractivity contribution in [3.05, 3.63) is 47.0 Å². The Morgan fingerprint density at radius 2 is 1.96 bits per heavy atom. The van der Waals surface area contributed by atoms with E-state index >= 15 is 0 Å². The van der Waals surface area contributed by atoms with E-state index in [2.05, 4.69) is 46.0 Å². The van der Waals surface area contributed by atoms with Gasteiger partial charge in [0.15, 0.2) is 0 Å². The zero-order chi connectivity index (χ0) is 16.4. The van der Waals surface area contributed by atoms with E-state index in [4.69, 9.17) is 11.6 Å². The van der Waals surface area contributed by atoms with Gasteiger partial charge in [-0.25, -0.2) is 9.97 Å². The van der Waals surface area contributed by atoms with Crippen molar-refractivity contribution in [2.24, 2.45) is 0 Å². The number of benzene rings is 1. The van der Waals surface area contributed by atoms with E-state index in [1.807, 2.05) is 25.4 Å². The normalized spacial score (nSPS) is 18.7. The van der Waals surface area contributed by atoms with Gasteiger partial charge in [-0.05, 0) is 44.6 Å². The average molecular weight is 331 g/mol. The van der Waals surface area contributed by atoms with Crippen molar-refractivity contribution in [2.45, 2.75) is 25.9 Å². The molecule has 1 aromatic heterocycles. The van der Waals surface area contributed by atoms with E-state index in [-0.39, 0.29) is 0 Å². The van der Waals surface area contributed by atoms with Gasteiger partial charge in [-0.3, -0.25) is 4.90 Å². The smallest absolute Gasteiger partial charge is 0.125 e. The first-order valence-electron chi connectivity index (χ1n) is 7.99. The van der Waals surface area contributed by atoms with Crippen LogP contribution in [0.1, 0.15) is 17.8 Å². The Morgan fingerprint density at radius 1 is 1.22 bits per heavy atom. The van der Waals surface area contributed by atoms with Crippen LogP contribution in [0.2, 0.25) is 5.02 Å². The van der Waals surface area contributed by atoms with Crippen molar-refractivity contribution < 1.29 is 0 Å². The molecular weight excluding hydrogens is 308 g/mol. The summed E-state index contributed by atoms with van der Waals surface area (Å²) in [5.41, 5.74) is 3.24. The Kier molecular flexibility index (Phi) is 4.95. The zero-order valence-corrected chi connectivity index (χ0v) is 14.7. The Hall–Kier alpha value is -1.49. The molecule has 1 atom stereocenters. The van der Waals surface area contributed by atoms with Gasteiger partial charge in [0.1, 0.15) is 5.82 Å². The molecule has 0 saturated carbocycles. The molecule has 0 N–H and O–H groups in total. The molecule has 122 valence electrons. The predicted molar refractivity (Wildman–Crippen MR) is 94.6 cm³/mol. The summed E-state index contributed by atoms with van der Waals surface area (Å²) in [5.74, 6) is 0.779. The quantitative estimate of drug-likeness (QED) is 0.861. The SMILES string of the molecule is Cc1ncc(-c2ccc(CN3CCC(N(C)C)C3)c(Cl)c2)cn1. The van der Waals surface area contributed by atoms with Crippen molar-refractivity contribution in [1.29, 1.82) is 0 Å². The minimum atomic E-state index is 0.651. The topological polar surface area (TPSA) is 32.3 Å².